The highest BCUT2D eigenvalue weighted by Gasteiger charge is 2.22. The van der Waals surface area contributed by atoms with Gasteiger partial charge in [-0.3, -0.25) is 0 Å². The van der Waals surface area contributed by atoms with Crippen LogP contribution in [-0.2, 0) is 10.0 Å². The Kier molecular flexibility index (Phi) is 6.20. The van der Waals surface area contributed by atoms with Crippen LogP contribution in [0.25, 0.3) is 22.4 Å². The minimum atomic E-state index is -2.93. The van der Waals surface area contributed by atoms with Gasteiger partial charge in [0.25, 0.3) is 0 Å². The number of piperidine rings is 1. The van der Waals surface area contributed by atoms with E-state index in [1.54, 1.807) is 22.9 Å². The molecule has 0 amide bonds. The van der Waals surface area contributed by atoms with Crippen molar-refractivity contribution in [3.63, 3.8) is 0 Å². The van der Waals surface area contributed by atoms with E-state index in [0.717, 1.165) is 29.6 Å². The number of nitrogens with one attached hydrogen (secondary N) is 1. The lowest BCUT2D eigenvalue weighted by molar-refractivity contribution is 0.283. The Balaban J connectivity index is 0.000000188. The summed E-state index contributed by atoms with van der Waals surface area (Å²) >= 11 is 0. The summed E-state index contributed by atoms with van der Waals surface area (Å²) in [5.41, 5.74) is 3.72. The zero-order valence-electron chi connectivity index (χ0n) is 16.6. The Hall–Kier alpha value is -2.90. The minimum absolute atomic E-state index is 0.159. The lowest BCUT2D eigenvalue weighted by Crippen LogP contribution is -2.38. The molecule has 0 aliphatic carbocycles. The van der Waals surface area contributed by atoms with Gasteiger partial charge in [-0.2, -0.15) is 5.26 Å². The lowest BCUT2D eigenvalue weighted by Gasteiger charge is -2.28. The molecule has 1 N–H and O–H groups in total. The maximum Gasteiger partial charge on any atom is 0.232 e. The number of aromatic amines is 1. The number of hydrogen-bond donors (Lipinski definition) is 1. The third-order valence-electron chi connectivity index (χ3n) is 4.70. The fraction of sp³-hybridized carbons (Fsp3) is 0.421. The first-order valence-electron chi connectivity index (χ1n) is 9.27. The van der Waals surface area contributed by atoms with Crippen LogP contribution in [0.5, 0.6) is 0 Å². The SMILES string of the molecule is C[C@H]1CCCN(S(C)(=O)=O)C1.Cc1nc(C#N)ncc1-c1cnc2[nH]ccc2n1. The number of fused-ring (bicyclic) bond motifs is 1. The highest BCUT2D eigenvalue weighted by atomic mass is 32.2. The Morgan fingerprint density at radius 1 is 1.28 bits per heavy atom. The van der Waals surface area contributed by atoms with Crippen LogP contribution in [0.3, 0.4) is 0 Å². The van der Waals surface area contributed by atoms with Gasteiger partial charge in [0, 0.05) is 31.0 Å². The summed E-state index contributed by atoms with van der Waals surface area (Å²) in [5, 5.41) is 8.73. The van der Waals surface area contributed by atoms with E-state index in [0.29, 0.717) is 30.4 Å². The van der Waals surface area contributed by atoms with Crippen molar-refractivity contribution < 1.29 is 8.42 Å². The second kappa shape index (κ2) is 8.63. The van der Waals surface area contributed by atoms with Crippen LogP contribution in [0.2, 0.25) is 0 Å². The van der Waals surface area contributed by atoms with Gasteiger partial charge < -0.3 is 4.98 Å². The van der Waals surface area contributed by atoms with Gasteiger partial charge >= 0.3 is 0 Å². The van der Waals surface area contributed by atoms with Gasteiger partial charge in [0.05, 0.1) is 23.8 Å². The molecule has 10 heteroatoms. The minimum Gasteiger partial charge on any atom is -0.345 e. The van der Waals surface area contributed by atoms with Gasteiger partial charge in [-0.15, -0.1) is 0 Å². The van der Waals surface area contributed by atoms with Crippen molar-refractivity contribution in [2.24, 2.45) is 5.92 Å². The van der Waals surface area contributed by atoms with Crippen LogP contribution in [0.4, 0.5) is 0 Å². The van der Waals surface area contributed by atoms with E-state index in [9.17, 15) is 8.42 Å². The van der Waals surface area contributed by atoms with Crippen LogP contribution < -0.4 is 0 Å². The second-order valence-corrected chi connectivity index (χ2v) is 9.12. The maximum atomic E-state index is 11.1. The van der Waals surface area contributed by atoms with Crippen molar-refractivity contribution in [2.45, 2.75) is 26.7 Å². The number of nitriles is 1. The molecule has 29 heavy (non-hydrogen) atoms. The molecule has 0 radical (unpaired) electrons. The fourth-order valence-electron chi connectivity index (χ4n) is 3.18. The van der Waals surface area contributed by atoms with Gasteiger partial charge in [0.15, 0.2) is 5.65 Å². The van der Waals surface area contributed by atoms with Crippen LogP contribution in [0.15, 0.2) is 24.7 Å². The number of aromatic nitrogens is 5. The molecule has 1 aliphatic heterocycles. The van der Waals surface area contributed by atoms with Gasteiger partial charge in [-0.25, -0.2) is 32.7 Å². The van der Waals surface area contributed by atoms with Crippen molar-refractivity contribution in [1.29, 1.82) is 5.26 Å². The molecule has 0 aromatic carbocycles. The summed E-state index contributed by atoms with van der Waals surface area (Å²) in [6.45, 7) is 5.33. The largest absolute Gasteiger partial charge is 0.345 e. The molecule has 152 valence electrons. The first kappa shape index (κ1) is 20.8. The standard InChI is InChI=1S/C12H8N6.C7H15NO2S/c1-7-8(5-15-11(4-13)17-7)10-6-16-12-9(18-10)2-3-14-12;1-7-4-3-5-8(6-7)11(2,9)10/h2-3,5-6H,1H3,(H,14,16);7H,3-6H2,1-2H3/t;7-/m.0/s1. The highest BCUT2D eigenvalue weighted by molar-refractivity contribution is 7.88. The molecule has 4 rings (SSSR count). The Morgan fingerprint density at radius 2 is 2.07 bits per heavy atom. The average molecular weight is 414 g/mol. The summed E-state index contributed by atoms with van der Waals surface area (Å²) < 4.78 is 23.7. The lowest BCUT2D eigenvalue weighted by atomic mass is 10.0. The summed E-state index contributed by atoms with van der Waals surface area (Å²) in [4.78, 5) is 19.8. The molecule has 9 nitrogen and oxygen atoms in total. The Morgan fingerprint density at radius 3 is 2.69 bits per heavy atom. The number of rotatable bonds is 2. The number of nitrogens with zero attached hydrogens (tertiary/aromatic N) is 6. The summed E-state index contributed by atoms with van der Waals surface area (Å²) in [5.74, 6) is 0.686. The predicted molar refractivity (Wildman–Crippen MR) is 109 cm³/mol. The smallest absolute Gasteiger partial charge is 0.232 e. The first-order valence-corrected chi connectivity index (χ1v) is 11.1. The van der Waals surface area contributed by atoms with Crippen molar-refractivity contribution in [3.8, 4) is 17.3 Å². The second-order valence-electron chi connectivity index (χ2n) is 7.14. The summed E-state index contributed by atoms with van der Waals surface area (Å²) in [6.07, 6.45) is 8.50. The Bertz CT molecular complexity index is 1150. The third kappa shape index (κ3) is 5.13. The normalized spacial score (nSPS) is 17.4. The van der Waals surface area contributed by atoms with E-state index < -0.39 is 10.0 Å². The number of hydrogen-bond acceptors (Lipinski definition) is 7. The van der Waals surface area contributed by atoms with Gasteiger partial charge in [-0.1, -0.05) is 6.92 Å². The van der Waals surface area contributed by atoms with Crippen LogP contribution in [0, 0.1) is 24.2 Å². The number of sulfonamides is 1. The van der Waals surface area contributed by atoms with Gasteiger partial charge in [0.1, 0.15) is 11.6 Å². The van der Waals surface area contributed by atoms with Gasteiger partial charge in [-0.05, 0) is 31.7 Å². The molecule has 1 fully saturated rings. The van der Waals surface area contributed by atoms with Crippen molar-refractivity contribution in [2.75, 3.05) is 19.3 Å². The molecule has 3 aromatic heterocycles. The van der Waals surface area contributed by atoms with Crippen molar-refractivity contribution in [1.82, 2.24) is 29.2 Å². The molecule has 1 atom stereocenters. The topological polar surface area (TPSA) is 129 Å². The fourth-order valence-corrected chi connectivity index (χ4v) is 4.17. The predicted octanol–water partition coefficient (Wildman–Crippen LogP) is 2.27. The monoisotopic (exact) mass is 413 g/mol. The van der Waals surface area contributed by atoms with E-state index >= 15 is 0 Å². The average Bonchev–Trinajstić information content (AvgIpc) is 3.15. The molecule has 0 saturated carbocycles. The van der Waals surface area contributed by atoms with Crippen molar-refractivity contribution in [3.05, 3.63) is 36.2 Å². The van der Waals surface area contributed by atoms with E-state index in [1.165, 1.54) is 6.26 Å². The Labute approximate surface area is 169 Å². The zero-order chi connectivity index (χ0) is 21.0. The molecule has 1 aliphatic rings. The van der Waals surface area contributed by atoms with Crippen LogP contribution in [-0.4, -0.2) is 57.0 Å². The highest BCUT2D eigenvalue weighted by Crippen LogP contribution is 2.20. The maximum absolute atomic E-state index is 11.1. The third-order valence-corrected chi connectivity index (χ3v) is 5.97. The molecule has 3 aromatic rings. The molecular weight excluding hydrogens is 390 g/mol. The first-order chi connectivity index (χ1) is 13.8. The molecule has 0 unspecified atom stereocenters. The summed E-state index contributed by atoms with van der Waals surface area (Å²) in [7, 11) is -2.93. The molecule has 0 bridgehead atoms. The van der Waals surface area contributed by atoms with Gasteiger partial charge in [0.2, 0.25) is 15.8 Å². The molecular formula is C19H23N7O2S. The van der Waals surface area contributed by atoms with E-state index in [1.807, 2.05) is 19.1 Å². The van der Waals surface area contributed by atoms with Crippen molar-refractivity contribution >= 4 is 21.2 Å². The van der Waals surface area contributed by atoms with E-state index in [-0.39, 0.29) is 5.82 Å². The molecule has 0 spiro atoms. The van der Waals surface area contributed by atoms with Crippen LogP contribution >= 0.6 is 0 Å². The summed E-state index contributed by atoms with van der Waals surface area (Å²) in [6, 6.07) is 3.76. The quantitative estimate of drug-likeness (QED) is 0.682. The van der Waals surface area contributed by atoms with E-state index in [2.05, 4.69) is 31.8 Å². The van der Waals surface area contributed by atoms with Crippen LogP contribution in [0.1, 0.15) is 31.3 Å². The number of aryl methyl sites for hydroxylation is 1. The number of H-pyrrole nitrogens is 1. The molecule has 4 heterocycles. The zero-order valence-corrected chi connectivity index (χ0v) is 17.4. The molecule has 1 saturated heterocycles. The van der Waals surface area contributed by atoms with E-state index in [4.69, 9.17) is 5.26 Å².